The number of hydrogen-bond donors (Lipinski definition) is 0. The van der Waals surface area contributed by atoms with E-state index in [4.69, 9.17) is 4.74 Å². The highest BCUT2D eigenvalue weighted by atomic mass is 16.5. The minimum Gasteiger partial charge on any atom is -0.460 e. The first-order chi connectivity index (χ1) is 11.7. The Kier molecular flexibility index (Phi) is 4.71. The predicted octanol–water partition coefficient (Wildman–Crippen LogP) is 2.57. The van der Waals surface area contributed by atoms with E-state index in [2.05, 4.69) is 21.4 Å². The fourth-order valence-electron chi connectivity index (χ4n) is 2.81. The smallest absolute Gasteiger partial charge is 0.330 e. The maximum Gasteiger partial charge on any atom is 0.330 e. The van der Waals surface area contributed by atoms with Gasteiger partial charge in [0.15, 0.2) is 11.7 Å². The summed E-state index contributed by atoms with van der Waals surface area (Å²) < 4.78 is 5.06. The second kappa shape index (κ2) is 7.09. The highest BCUT2D eigenvalue weighted by molar-refractivity contribution is 5.85. The Hall–Kier alpha value is -2.94. The van der Waals surface area contributed by atoms with Crippen LogP contribution in [0.15, 0.2) is 36.9 Å². The third kappa shape index (κ3) is 3.06. The number of nitrogens with zero attached hydrogens (tertiary/aromatic N) is 4. The third-order valence-corrected chi connectivity index (χ3v) is 3.97. The van der Waals surface area contributed by atoms with Gasteiger partial charge in [-0.15, -0.1) is 0 Å². The van der Waals surface area contributed by atoms with Gasteiger partial charge in [-0.3, -0.25) is 4.79 Å². The van der Waals surface area contributed by atoms with Gasteiger partial charge in [0, 0.05) is 13.1 Å². The zero-order valence-electron chi connectivity index (χ0n) is 13.3. The van der Waals surface area contributed by atoms with E-state index >= 15 is 0 Å². The Morgan fingerprint density at radius 3 is 2.62 bits per heavy atom. The predicted molar refractivity (Wildman–Crippen MR) is 90.5 cm³/mol. The Morgan fingerprint density at radius 1 is 1.33 bits per heavy atom. The molecule has 3 rings (SSSR count). The summed E-state index contributed by atoms with van der Waals surface area (Å²) in [6, 6.07) is 9.47. The molecule has 24 heavy (non-hydrogen) atoms. The first-order valence-corrected chi connectivity index (χ1v) is 7.93. The summed E-state index contributed by atoms with van der Waals surface area (Å²) in [5.74, 6) is -1.12. The molecule has 2 aromatic rings. The molecule has 0 bridgehead atoms. The molecule has 122 valence electrons. The molecule has 1 saturated heterocycles. The van der Waals surface area contributed by atoms with Crippen molar-refractivity contribution in [3.8, 4) is 6.07 Å². The molecule has 0 amide bonds. The van der Waals surface area contributed by atoms with Crippen molar-refractivity contribution in [2.24, 2.45) is 0 Å². The van der Waals surface area contributed by atoms with E-state index in [1.165, 1.54) is 6.08 Å². The number of carbonyl (C=O) groups excluding carboxylic acids is 1. The fourth-order valence-corrected chi connectivity index (χ4v) is 2.81. The van der Waals surface area contributed by atoms with Crippen LogP contribution in [0.5, 0.6) is 0 Å². The number of ether oxygens (including phenoxy) is 1. The lowest BCUT2D eigenvalue weighted by Crippen LogP contribution is -2.25. The Balaban J connectivity index is 2.09. The quantitative estimate of drug-likeness (QED) is 0.622. The average Bonchev–Trinajstić information content (AvgIpc) is 3.14. The second-order valence-corrected chi connectivity index (χ2v) is 5.60. The van der Waals surface area contributed by atoms with Crippen LogP contribution in [0.1, 0.15) is 24.5 Å². The van der Waals surface area contributed by atoms with Crippen LogP contribution in [0, 0.1) is 11.3 Å². The van der Waals surface area contributed by atoms with Crippen molar-refractivity contribution in [1.29, 1.82) is 5.26 Å². The lowest BCUT2D eigenvalue weighted by molar-refractivity contribution is -0.142. The first kappa shape index (κ1) is 15.9. The number of aromatic nitrogens is 2. The third-order valence-electron chi connectivity index (χ3n) is 3.97. The lowest BCUT2D eigenvalue weighted by Gasteiger charge is -2.21. The van der Waals surface area contributed by atoms with E-state index in [9.17, 15) is 10.1 Å². The van der Waals surface area contributed by atoms with Crippen LogP contribution in [0.25, 0.3) is 11.0 Å². The largest absolute Gasteiger partial charge is 0.460 e. The van der Waals surface area contributed by atoms with Crippen LogP contribution in [0.4, 0.5) is 5.82 Å². The molecule has 0 N–H and O–H groups in total. The van der Waals surface area contributed by atoms with E-state index in [-0.39, 0.29) is 6.61 Å². The summed E-state index contributed by atoms with van der Waals surface area (Å²) in [6.45, 7) is 5.28. The van der Waals surface area contributed by atoms with Gasteiger partial charge in [-0.05, 0) is 25.0 Å². The monoisotopic (exact) mass is 322 g/mol. The summed E-state index contributed by atoms with van der Waals surface area (Å²) >= 11 is 0. The van der Waals surface area contributed by atoms with E-state index < -0.39 is 11.9 Å². The van der Waals surface area contributed by atoms with Crippen molar-refractivity contribution in [3.63, 3.8) is 0 Å². The number of nitriles is 1. The molecule has 1 atom stereocenters. The van der Waals surface area contributed by atoms with E-state index in [0.29, 0.717) is 17.0 Å². The summed E-state index contributed by atoms with van der Waals surface area (Å²) in [5, 5.41) is 9.53. The van der Waals surface area contributed by atoms with Crippen molar-refractivity contribution in [3.05, 3.63) is 42.6 Å². The van der Waals surface area contributed by atoms with Crippen molar-refractivity contribution >= 4 is 22.8 Å². The van der Waals surface area contributed by atoms with Gasteiger partial charge in [0.05, 0.1) is 17.1 Å². The summed E-state index contributed by atoms with van der Waals surface area (Å²) in [7, 11) is 0. The maximum atomic E-state index is 12.3. The van der Waals surface area contributed by atoms with Crippen LogP contribution < -0.4 is 4.90 Å². The SMILES string of the molecule is C=CCOC(=O)[C@H](C#N)c1nc2ccccc2nc1N1CCCC1. The molecule has 1 aliphatic heterocycles. The van der Waals surface area contributed by atoms with E-state index in [1.807, 2.05) is 30.3 Å². The number of para-hydroxylation sites is 2. The molecule has 6 heteroatoms. The van der Waals surface area contributed by atoms with Crippen LogP contribution in [-0.2, 0) is 9.53 Å². The molecule has 1 fully saturated rings. The number of rotatable bonds is 5. The number of hydrogen-bond acceptors (Lipinski definition) is 6. The van der Waals surface area contributed by atoms with Gasteiger partial charge in [0.1, 0.15) is 12.3 Å². The molecule has 1 aromatic heterocycles. The highest BCUT2D eigenvalue weighted by Gasteiger charge is 2.30. The Labute approximate surface area is 140 Å². The second-order valence-electron chi connectivity index (χ2n) is 5.60. The molecular formula is C18H18N4O2. The number of benzene rings is 1. The standard InChI is InChI=1S/C18H18N4O2/c1-2-11-24-18(23)13(12-19)16-17(22-9-5-6-10-22)21-15-8-4-3-7-14(15)20-16/h2-4,7-8,13H,1,5-6,9-11H2/t13-/m1/s1. The first-order valence-electron chi connectivity index (χ1n) is 7.93. The minimum atomic E-state index is -1.10. The molecular weight excluding hydrogens is 304 g/mol. The molecule has 0 unspecified atom stereocenters. The van der Waals surface area contributed by atoms with Crippen molar-refractivity contribution in [2.45, 2.75) is 18.8 Å². The summed E-state index contributed by atoms with van der Waals surface area (Å²) in [4.78, 5) is 23.6. The van der Waals surface area contributed by atoms with E-state index in [0.717, 1.165) is 31.4 Å². The van der Waals surface area contributed by atoms with Gasteiger partial charge in [0.2, 0.25) is 0 Å². The molecule has 0 aliphatic carbocycles. The van der Waals surface area contributed by atoms with Crippen molar-refractivity contribution < 1.29 is 9.53 Å². The van der Waals surface area contributed by atoms with Gasteiger partial charge >= 0.3 is 5.97 Å². The number of fused-ring (bicyclic) bond motifs is 1. The highest BCUT2D eigenvalue weighted by Crippen LogP contribution is 2.29. The van der Waals surface area contributed by atoms with Crippen molar-refractivity contribution in [1.82, 2.24) is 9.97 Å². The van der Waals surface area contributed by atoms with Crippen LogP contribution in [0.3, 0.4) is 0 Å². The normalized spacial score (nSPS) is 15.0. The van der Waals surface area contributed by atoms with Gasteiger partial charge in [-0.1, -0.05) is 24.8 Å². The number of anilines is 1. The number of carbonyl (C=O) groups is 1. The van der Waals surface area contributed by atoms with Crippen LogP contribution in [-0.4, -0.2) is 35.6 Å². The van der Waals surface area contributed by atoms with Gasteiger partial charge in [-0.2, -0.15) is 5.26 Å². The average molecular weight is 322 g/mol. The van der Waals surface area contributed by atoms with Crippen molar-refractivity contribution in [2.75, 3.05) is 24.6 Å². The van der Waals surface area contributed by atoms with Gasteiger partial charge < -0.3 is 9.64 Å². The zero-order valence-corrected chi connectivity index (χ0v) is 13.3. The van der Waals surface area contributed by atoms with E-state index in [1.54, 1.807) is 0 Å². The molecule has 0 spiro atoms. The maximum absolute atomic E-state index is 12.3. The Bertz CT molecular complexity index is 806. The zero-order chi connectivity index (χ0) is 16.9. The molecule has 6 nitrogen and oxygen atoms in total. The molecule has 0 saturated carbocycles. The fraction of sp³-hybridized carbons (Fsp3) is 0.333. The lowest BCUT2D eigenvalue weighted by atomic mass is 10.1. The number of esters is 1. The van der Waals surface area contributed by atoms with Gasteiger partial charge in [-0.25, -0.2) is 9.97 Å². The van der Waals surface area contributed by atoms with Gasteiger partial charge in [0.25, 0.3) is 0 Å². The molecule has 1 aromatic carbocycles. The molecule has 2 heterocycles. The van der Waals surface area contributed by atoms with Crippen LogP contribution >= 0.6 is 0 Å². The summed E-state index contributed by atoms with van der Waals surface area (Å²) in [6.07, 6.45) is 3.60. The Morgan fingerprint density at radius 2 is 2.00 bits per heavy atom. The van der Waals surface area contributed by atoms with Crippen LogP contribution in [0.2, 0.25) is 0 Å². The topological polar surface area (TPSA) is 79.1 Å². The minimum absolute atomic E-state index is 0.0665. The molecule has 1 aliphatic rings. The summed E-state index contributed by atoms with van der Waals surface area (Å²) in [5.41, 5.74) is 1.78. The molecule has 0 radical (unpaired) electrons.